The number of carbonyl (C=O) groups excluding carboxylic acids is 3. The highest BCUT2D eigenvalue weighted by atomic mass is 16.5. The molecule has 3 aliphatic carbocycles. The molecule has 9 aliphatic heterocycles. The molecule has 0 amide bonds. The zero-order valence-corrected chi connectivity index (χ0v) is 29.5. The molecule has 12 atom stereocenters. The van der Waals surface area contributed by atoms with Crippen molar-refractivity contribution in [1.82, 2.24) is 9.80 Å². The number of fused-ring (bicyclic) bond motifs is 5. The van der Waals surface area contributed by atoms with E-state index in [0.717, 1.165) is 79.8 Å². The Morgan fingerprint density at radius 1 is 1.02 bits per heavy atom. The molecule has 1 aromatic rings. The van der Waals surface area contributed by atoms with Crippen LogP contribution in [-0.4, -0.2) is 97.7 Å². The van der Waals surface area contributed by atoms with Gasteiger partial charge in [0.05, 0.1) is 42.7 Å². The number of rotatable bonds is 3. The van der Waals surface area contributed by atoms with Gasteiger partial charge in [0, 0.05) is 67.6 Å². The highest BCUT2D eigenvalue weighted by molar-refractivity contribution is 6.37. The number of benzene rings is 1. The summed E-state index contributed by atoms with van der Waals surface area (Å²) >= 11 is 0. The van der Waals surface area contributed by atoms with Gasteiger partial charge >= 0.3 is 5.97 Å². The molecule has 0 radical (unpaired) electrons. The lowest BCUT2D eigenvalue weighted by Gasteiger charge is -2.58. The topological polar surface area (TPSA) is 91.8 Å². The van der Waals surface area contributed by atoms with E-state index in [1.165, 1.54) is 18.3 Å². The van der Waals surface area contributed by atoms with E-state index in [1.807, 2.05) is 6.08 Å². The molecule has 2 unspecified atom stereocenters. The van der Waals surface area contributed by atoms with Gasteiger partial charge in [-0.15, -0.1) is 0 Å². The highest BCUT2D eigenvalue weighted by Gasteiger charge is 2.76. The van der Waals surface area contributed by atoms with E-state index in [-0.39, 0.29) is 35.7 Å². The molecule has 0 N–H and O–H groups in total. The van der Waals surface area contributed by atoms with Crippen molar-refractivity contribution < 1.29 is 23.9 Å². The Labute approximate surface area is 292 Å². The lowest BCUT2D eigenvalue weighted by molar-refractivity contribution is -0.156. The van der Waals surface area contributed by atoms with Gasteiger partial charge in [0.25, 0.3) is 0 Å². The molecule has 1 aromatic carbocycles. The zero-order chi connectivity index (χ0) is 34.2. The first-order valence-corrected chi connectivity index (χ1v) is 18.7. The van der Waals surface area contributed by atoms with E-state index in [2.05, 4.69) is 59.9 Å². The third-order valence-corrected chi connectivity index (χ3v) is 15.7. The maximum absolute atomic E-state index is 14.9. The van der Waals surface area contributed by atoms with Gasteiger partial charge in [-0.05, 0) is 87.1 Å². The average Bonchev–Trinajstić information content (AvgIpc) is 3.70. The van der Waals surface area contributed by atoms with Gasteiger partial charge in [-0.2, -0.15) is 0 Å². The molecule has 9 bridgehead atoms. The Morgan fingerprint density at radius 2 is 1.82 bits per heavy atom. The minimum atomic E-state index is -0.606. The number of esters is 1. The quantitative estimate of drug-likeness (QED) is 0.267. The van der Waals surface area contributed by atoms with E-state index < -0.39 is 22.4 Å². The SMILES string of the molecule is C/C=C1/CN2[C@H]3C[C@]45C(=O)[C@@H]3[C@H]1C[C@H]2[C@@H]4N(C)c1cc(OC)c(C2=CC3=N[C@@]46CC[C@H]7/C(=C\C)CN4CC[C@]6(C3=CC2=O)[C@H]7C(=O)OC)cc15. The summed E-state index contributed by atoms with van der Waals surface area (Å²) < 4.78 is 11.6. The molecule has 2 spiro atoms. The molecular weight excluding hydrogens is 628 g/mol. The fourth-order valence-corrected chi connectivity index (χ4v) is 14.0. The molecule has 50 heavy (non-hydrogen) atoms. The average molecular weight is 673 g/mol. The Morgan fingerprint density at radius 3 is 2.58 bits per heavy atom. The van der Waals surface area contributed by atoms with Crippen LogP contribution in [0.15, 0.2) is 58.1 Å². The summed E-state index contributed by atoms with van der Waals surface area (Å²) in [5.41, 5.74) is 6.00. The van der Waals surface area contributed by atoms with Crippen molar-refractivity contribution in [3.63, 3.8) is 0 Å². The van der Waals surface area contributed by atoms with E-state index in [9.17, 15) is 14.4 Å². The Balaban J connectivity index is 1.06. The van der Waals surface area contributed by atoms with Crippen molar-refractivity contribution >= 4 is 34.5 Å². The lowest BCUT2D eigenvalue weighted by atomic mass is 9.53. The molecule has 9 fully saturated rings. The van der Waals surface area contributed by atoms with Crippen LogP contribution in [0, 0.1) is 29.1 Å². The summed E-state index contributed by atoms with van der Waals surface area (Å²) in [4.78, 5) is 56.3. The molecule has 9 heterocycles. The van der Waals surface area contributed by atoms with Gasteiger partial charge in [-0.25, -0.2) is 0 Å². The lowest BCUT2D eigenvalue weighted by Crippen LogP contribution is -2.68. The van der Waals surface area contributed by atoms with Gasteiger partial charge in [0.1, 0.15) is 11.4 Å². The second kappa shape index (κ2) is 9.34. The summed E-state index contributed by atoms with van der Waals surface area (Å²) in [5, 5.41) is 0. The van der Waals surface area contributed by atoms with E-state index in [1.54, 1.807) is 13.2 Å². The zero-order valence-electron chi connectivity index (χ0n) is 29.5. The van der Waals surface area contributed by atoms with Crippen LogP contribution in [0.2, 0.25) is 0 Å². The van der Waals surface area contributed by atoms with E-state index >= 15 is 0 Å². The second-order valence-electron chi connectivity index (χ2n) is 16.7. The number of carbonyl (C=O) groups is 3. The monoisotopic (exact) mass is 672 g/mol. The fraction of sp³-hybridized carbons (Fsp3) is 0.561. The van der Waals surface area contributed by atoms with Crippen molar-refractivity contribution in [3.05, 3.63) is 64.3 Å². The molecule has 258 valence electrons. The number of nitrogens with zero attached hydrogens (tertiary/aromatic N) is 4. The summed E-state index contributed by atoms with van der Waals surface area (Å²) in [7, 11) is 5.30. The van der Waals surface area contributed by atoms with E-state index in [0.29, 0.717) is 29.1 Å². The van der Waals surface area contributed by atoms with Crippen LogP contribution in [0.1, 0.15) is 57.1 Å². The third-order valence-electron chi connectivity index (χ3n) is 15.7. The fourth-order valence-electron chi connectivity index (χ4n) is 14.0. The van der Waals surface area contributed by atoms with Crippen LogP contribution in [0.5, 0.6) is 5.75 Å². The number of hydrogen-bond donors (Lipinski definition) is 0. The smallest absolute Gasteiger partial charge is 0.310 e. The molecule has 12 aliphatic rings. The first-order chi connectivity index (χ1) is 24.2. The minimum Gasteiger partial charge on any atom is -0.496 e. The first-order valence-electron chi connectivity index (χ1n) is 18.7. The van der Waals surface area contributed by atoms with Crippen LogP contribution in [0.4, 0.5) is 5.69 Å². The molecule has 2 saturated carbocycles. The number of ketones is 2. The molecule has 9 nitrogen and oxygen atoms in total. The summed E-state index contributed by atoms with van der Waals surface area (Å²) in [6.07, 6.45) is 12.5. The number of likely N-dealkylation sites (N-methyl/N-ethyl adjacent to an activating group) is 1. The number of allylic oxidation sites excluding steroid dienone is 5. The molecule has 9 heteroatoms. The Hall–Kier alpha value is -3.82. The minimum absolute atomic E-state index is 0.0346. The molecular formula is C41H44N4O5. The summed E-state index contributed by atoms with van der Waals surface area (Å²) in [6, 6.07) is 4.88. The van der Waals surface area contributed by atoms with Crippen molar-refractivity contribution in [2.24, 2.45) is 34.1 Å². The number of anilines is 1. The highest BCUT2D eigenvalue weighted by Crippen LogP contribution is 2.70. The number of ether oxygens (including phenoxy) is 2. The van der Waals surface area contributed by atoms with Crippen LogP contribution < -0.4 is 9.64 Å². The predicted molar refractivity (Wildman–Crippen MR) is 188 cm³/mol. The molecule has 0 aromatic heterocycles. The maximum atomic E-state index is 14.9. The van der Waals surface area contributed by atoms with Crippen molar-refractivity contribution in [3.8, 4) is 5.75 Å². The largest absolute Gasteiger partial charge is 0.496 e. The van der Waals surface area contributed by atoms with Gasteiger partial charge < -0.3 is 14.4 Å². The number of hydrogen-bond acceptors (Lipinski definition) is 9. The standard InChI is InChI=1S/C41H44N4O5/c1-6-20-18-44-11-10-40-26-15-32(46)24(13-28(26)42-41(40,44)9-8-22(20)35(40)38(48)50-5)25-12-27-29(16-33(25)49-4)43(3)36-30-14-23-21(7-2)19-45(30)31-17-39(27,36)37(47)34(23)31/h6-7,12-13,15-16,22-23,30-31,34-36H,8-11,14,17-19H2,1-5H3/b20-6-,21-7-/t22-,23-,30-,31-,34+,35+,36-,39+,40-,41-/m0/s1. The third kappa shape index (κ3) is 2.95. The number of aliphatic imine (C=N–C) groups is 1. The number of piperidine rings is 4. The molecule has 13 rings (SSSR count). The van der Waals surface area contributed by atoms with Crippen molar-refractivity contribution in [2.75, 3.05) is 45.8 Å². The maximum Gasteiger partial charge on any atom is 0.310 e. The van der Waals surface area contributed by atoms with Crippen LogP contribution in [0.3, 0.4) is 0 Å². The summed E-state index contributed by atoms with van der Waals surface area (Å²) in [6.45, 7) is 6.77. The Kier molecular flexibility index (Phi) is 5.58. The predicted octanol–water partition coefficient (Wildman–Crippen LogP) is 4.27. The normalized spacial score (nSPS) is 46.5. The van der Waals surface area contributed by atoms with Gasteiger partial charge in [-0.1, -0.05) is 23.3 Å². The van der Waals surface area contributed by atoms with Gasteiger partial charge in [0.15, 0.2) is 11.6 Å². The van der Waals surface area contributed by atoms with Crippen molar-refractivity contribution in [2.45, 2.75) is 75.2 Å². The summed E-state index contributed by atoms with van der Waals surface area (Å²) in [5.74, 6) is 0.767. The van der Waals surface area contributed by atoms with Crippen molar-refractivity contribution in [1.29, 1.82) is 0 Å². The molecule has 7 saturated heterocycles. The first kappa shape index (κ1) is 29.9. The number of methoxy groups -OCH3 is 2. The van der Waals surface area contributed by atoms with Gasteiger partial charge in [-0.3, -0.25) is 29.2 Å². The van der Waals surface area contributed by atoms with Crippen LogP contribution >= 0.6 is 0 Å². The Bertz CT molecular complexity index is 2040. The second-order valence-corrected chi connectivity index (χ2v) is 16.7. The van der Waals surface area contributed by atoms with Crippen LogP contribution in [0.25, 0.3) is 5.57 Å². The van der Waals surface area contributed by atoms with Crippen LogP contribution in [-0.2, 0) is 24.5 Å². The van der Waals surface area contributed by atoms with E-state index in [4.69, 9.17) is 14.5 Å². The number of Topliss-reactive ketones (excluding diaryl/α,β-unsaturated/α-hetero) is 1. The van der Waals surface area contributed by atoms with Gasteiger partial charge in [0.2, 0.25) is 0 Å².